The Balaban J connectivity index is 1.50. The number of amides is 2. The Morgan fingerprint density at radius 2 is 1.88 bits per heavy atom. The summed E-state index contributed by atoms with van der Waals surface area (Å²) in [6, 6.07) is 14.7. The van der Waals surface area contributed by atoms with E-state index in [-0.39, 0.29) is 23.1 Å². The van der Waals surface area contributed by atoms with Gasteiger partial charge in [-0.25, -0.2) is 13.1 Å². The van der Waals surface area contributed by atoms with E-state index in [1.165, 1.54) is 24.3 Å². The lowest BCUT2D eigenvalue weighted by atomic mass is 10.1. The molecule has 10 heteroatoms. The van der Waals surface area contributed by atoms with Gasteiger partial charge in [-0.15, -0.1) is 0 Å². The molecule has 0 aliphatic carbocycles. The van der Waals surface area contributed by atoms with Gasteiger partial charge in [-0.3, -0.25) is 20.4 Å². The van der Waals surface area contributed by atoms with E-state index in [4.69, 9.17) is 9.47 Å². The zero-order chi connectivity index (χ0) is 23.7. The minimum atomic E-state index is -3.83. The van der Waals surface area contributed by atoms with Crippen LogP contribution in [-0.4, -0.2) is 45.7 Å². The highest BCUT2D eigenvalue weighted by Gasteiger charge is 2.20. The molecule has 178 valence electrons. The first kappa shape index (κ1) is 24.8. The molecule has 3 N–H and O–H groups in total. The summed E-state index contributed by atoms with van der Waals surface area (Å²) in [5.74, 6) is -1.17. The van der Waals surface area contributed by atoms with Gasteiger partial charge in [0.2, 0.25) is 10.0 Å². The lowest BCUT2D eigenvalue weighted by Gasteiger charge is -2.23. The second-order valence-corrected chi connectivity index (χ2v) is 9.51. The van der Waals surface area contributed by atoms with Crippen molar-refractivity contribution in [2.75, 3.05) is 13.2 Å². The molecule has 0 spiro atoms. The first-order chi connectivity index (χ1) is 15.8. The van der Waals surface area contributed by atoms with Crippen molar-refractivity contribution >= 4 is 21.8 Å². The largest absolute Gasteiger partial charge is 0.376 e. The molecule has 2 aromatic carbocycles. The molecule has 2 atom stereocenters. The van der Waals surface area contributed by atoms with Gasteiger partial charge in [0.25, 0.3) is 11.8 Å². The SMILES string of the molecule is CC(OCC1CCCCO1)C(=O)NNC(=O)c1cccc(S(=O)(=O)NCc2ccccc2)c1. The van der Waals surface area contributed by atoms with Crippen molar-refractivity contribution in [1.82, 2.24) is 15.6 Å². The van der Waals surface area contributed by atoms with E-state index in [2.05, 4.69) is 15.6 Å². The molecule has 1 saturated heterocycles. The molecule has 1 aliphatic rings. The van der Waals surface area contributed by atoms with Gasteiger partial charge in [0.05, 0.1) is 17.6 Å². The summed E-state index contributed by atoms with van der Waals surface area (Å²) < 4.78 is 38.8. The first-order valence-electron chi connectivity index (χ1n) is 10.8. The van der Waals surface area contributed by atoms with E-state index in [0.29, 0.717) is 13.2 Å². The standard InChI is InChI=1S/C23H29N3O6S/c1-17(32-16-20-11-5-6-13-31-20)22(27)25-26-23(28)19-10-7-12-21(14-19)33(29,30)24-15-18-8-3-2-4-9-18/h2-4,7-10,12,14,17,20,24H,5-6,11,13,15-16H2,1H3,(H,25,27)(H,26,28). The zero-order valence-corrected chi connectivity index (χ0v) is 19.3. The van der Waals surface area contributed by atoms with Crippen molar-refractivity contribution in [1.29, 1.82) is 0 Å². The highest BCUT2D eigenvalue weighted by molar-refractivity contribution is 7.89. The molecule has 2 amide bonds. The smallest absolute Gasteiger partial charge is 0.269 e. The molecule has 0 bridgehead atoms. The van der Waals surface area contributed by atoms with Crippen LogP contribution in [0, 0.1) is 0 Å². The van der Waals surface area contributed by atoms with E-state index in [0.717, 1.165) is 24.8 Å². The lowest BCUT2D eigenvalue weighted by Crippen LogP contribution is -2.46. The second-order valence-electron chi connectivity index (χ2n) is 7.75. The summed E-state index contributed by atoms with van der Waals surface area (Å²) in [6.45, 7) is 2.70. The van der Waals surface area contributed by atoms with Gasteiger partial charge >= 0.3 is 0 Å². The van der Waals surface area contributed by atoms with Gasteiger partial charge < -0.3 is 9.47 Å². The third kappa shape index (κ3) is 7.64. The van der Waals surface area contributed by atoms with E-state index in [1.807, 2.05) is 30.3 Å². The minimum absolute atomic E-state index is 0.0243. The van der Waals surface area contributed by atoms with Crippen molar-refractivity contribution in [3.8, 4) is 0 Å². The van der Waals surface area contributed by atoms with Gasteiger partial charge in [0.15, 0.2) is 0 Å². The fourth-order valence-electron chi connectivity index (χ4n) is 3.22. The van der Waals surface area contributed by atoms with Gasteiger partial charge in [-0.05, 0) is 49.9 Å². The van der Waals surface area contributed by atoms with E-state index >= 15 is 0 Å². The van der Waals surface area contributed by atoms with Crippen LogP contribution in [0.4, 0.5) is 0 Å². The number of hydrogen-bond acceptors (Lipinski definition) is 6. The van der Waals surface area contributed by atoms with Crippen LogP contribution >= 0.6 is 0 Å². The molecule has 3 rings (SSSR count). The van der Waals surface area contributed by atoms with Crippen LogP contribution in [0.2, 0.25) is 0 Å². The number of sulfonamides is 1. The average molecular weight is 476 g/mol. The van der Waals surface area contributed by atoms with E-state index in [1.54, 1.807) is 6.92 Å². The van der Waals surface area contributed by atoms with Crippen LogP contribution in [0.5, 0.6) is 0 Å². The van der Waals surface area contributed by atoms with Crippen LogP contribution in [-0.2, 0) is 30.8 Å². The van der Waals surface area contributed by atoms with Crippen molar-refractivity contribution in [2.45, 2.75) is 49.8 Å². The molecule has 0 saturated carbocycles. The van der Waals surface area contributed by atoms with Crippen LogP contribution < -0.4 is 15.6 Å². The Hall–Kier alpha value is -2.79. The number of benzene rings is 2. The molecule has 1 heterocycles. The summed E-state index contributed by atoms with van der Waals surface area (Å²) in [5.41, 5.74) is 5.49. The average Bonchev–Trinajstić information content (AvgIpc) is 2.85. The Morgan fingerprint density at radius 3 is 2.61 bits per heavy atom. The maximum atomic E-state index is 12.6. The number of carbonyl (C=O) groups excluding carboxylic acids is 2. The minimum Gasteiger partial charge on any atom is -0.376 e. The predicted octanol–water partition coefficient (Wildman–Crippen LogP) is 1.90. The Bertz CT molecular complexity index is 1040. The zero-order valence-electron chi connectivity index (χ0n) is 18.5. The van der Waals surface area contributed by atoms with Crippen LogP contribution in [0.3, 0.4) is 0 Å². The predicted molar refractivity (Wildman–Crippen MR) is 122 cm³/mol. The molecule has 0 aromatic heterocycles. The highest BCUT2D eigenvalue weighted by Crippen LogP contribution is 2.14. The lowest BCUT2D eigenvalue weighted by molar-refractivity contribution is -0.136. The molecule has 1 fully saturated rings. The molecule has 2 aromatic rings. The summed E-state index contributed by atoms with van der Waals surface area (Å²) >= 11 is 0. The number of carbonyl (C=O) groups is 2. The van der Waals surface area contributed by atoms with Crippen LogP contribution in [0.1, 0.15) is 42.1 Å². The molecule has 2 unspecified atom stereocenters. The fourth-order valence-corrected chi connectivity index (χ4v) is 4.28. The maximum Gasteiger partial charge on any atom is 0.269 e. The molecular weight excluding hydrogens is 446 g/mol. The molecule has 9 nitrogen and oxygen atoms in total. The molecular formula is C23H29N3O6S. The van der Waals surface area contributed by atoms with Crippen LogP contribution in [0.15, 0.2) is 59.5 Å². The third-order valence-electron chi connectivity index (χ3n) is 5.19. The summed E-state index contributed by atoms with van der Waals surface area (Å²) in [7, 11) is -3.83. The summed E-state index contributed by atoms with van der Waals surface area (Å²) in [6.07, 6.45) is 2.18. The van der Waals surface area contributed by atoms with Crippen molar-refractivity contribution in [2.24, 2.45) is 0 Å². The topological polar surface area (TPSA) is 123 Å². The van der Waals surface area contributed by atoms with Gasteiger partial charge in [0, 0.05) is 18.7 Å². The molecule has 33 heavy (non-hydrogen) atoms. The number of hydrazine groups is 1. The maximum absolute atomic E-state index is 12.6. The quantitative estimate of drug-likeness (QED) is 0.476. The summed E-state index contributed by atoms with van der Waals surface area (Å²) in [4.78, 5) is 24.6. The number of ether oxygens (including phenoxy) is 2. The van der Waals surface area contributed by atoms with Crippen molar-refractivity contribution < 1.29 is 27.5 Å². The Morgan fingerprint density at radius 1 is 1.09 bits per heavy atom. The molecule has 0 radical (unpaired) electrons. The van der Waals surface area contributed by atoms with E-state index in [9.17, 15) is 18.0 Å². The first-order valence-corrected chi connectivity index (χ1v) is 12.3. The van der Waals surface area contributed by atoms with Crippen molar-refractivity contribution in [3.63, 3.8) is 0 Å². The molecule has 1 aliphatic heterocycles. The van der Waals surface area contributed by atoms with E-state index < -0.39 is 27.9 Å². The number of rotatable bonds is 9. The fraction of sp³-hybridized carbons (Fsp3) is 0.391. The van der Waals surface area contributed by atoms with Gasteiger partial charge in [0.1, 0.15) is 6.10 Å². The van der Waals surface area contributed by atoms with Gasteiger partial charge in [-0.2, -0.15) is 0 Å². The number of nitrogens with one attached hydrogen (secondary N) is 3. The van der Waals surface area contributed by atoms with Crippen molar-refractivity contribution in [3.05, 3.63) is 65.7 Å². The Kier molecular flexibility index (Phi) is 8.95. The van der Waals surface area contributed by atoms with Gasteiger partial charge in [-0.1, -0.05) is 36.4 Å². The Labute approximate surface area is 193 Å². The monoisotopic (exact) mass is 475 g/mol. The third-order valence-corrected chi connectivity index (χ3v) is 6.59. The highest BCUT2D eigenvalue weighted by atomic mass is 32.2. The second kappa shape index (κ2) is 11.9. The number of hydrogen-bond donors (Lipinski definition) is 3. The van der Waals surface area contributed by atoms with Crippen LogP contribution in [0.25, 0.3) is 0 Å². The normalized spacial score (nSPS) is 17.2. The summed E-state index contributed by atoms with van der Waals surface area (Å²) in [5, 5.41) is 0.